The maximum Gasteiger partial charge on any atom is 0.256 e. The van der Waals surface area contributed by atoms with E-state index in [-0.39, 0.29) is 17.3 Å². The first-order valence-corrected chi connectivity index (χ1v) is 8.23. The van der Waals surface area contributed by atoms with Gasteiger partial charge in [0, 0.05) is 23.3 Å². The topological polar surface area (TPSA) is 96.5 Å². The Morgan fingerprint density at radius 1 is 1.19 bits per heavy atom. The highest BCUT2D eigenvalue weighted by molar-refractivity contribution is 6.04. The zero-order valence-corrected chi connectivity index (χ0v) is 14.4. The van der Waals surface area contributed by atoms with Crippen LogP contribution in [0.25, 0.3) is 16.7 Å². The molecule has 130 valence electrons. The lowest BCUT2D eigenvalue weighted by Crippen LogP contribution is -2.16. The lowest BCUT2D eigenvalue weighted by molar-refractivity contribution is 0.102. The maximum atomic E-state index is 12.5. The van der Waals surface area contributed by atoms with E-state index in [1.54, 1.807) is 12.1 Å². The molecule has 7 nitrogen and oxygen atoms in total. The summed E-state index contributed by atoms with van der Waals surface area (Å²) in [7, 11) is 0. The van der Waals surface area contributed by atoms with E-state index in [1.165, 1.54) is 23.3 Å². The van der Waals surface area contributed by atoms with E-state index < -0.39 is 0 Å². The van der Waals surface area contributed by atoms with Crippen LogP contribution < -0.4 is 5.32 Å². The number of rotatable bonds is 3. The third-order valence-electron chi connectivity index (χ3n) is 4.19. The molecule has 0 spiro atoms. The molecule has 0 bridgehead atoms. The van der Waals surface area contributed by atoms with Gasteiger partial charge in [0.15, 0.2) is 11.6 Å². The van der Waals surface area contributed by atoms with Crippen LogP contribution in [-0.4, -0.2) is 25.7 Å². The minimum atomic E-state index is -0.354. The zero-order chi connectivity index (χ0) is 18.8. The smallest absolute Gasteiger partial charge is 0.256 e. The number of nitrogens with one attached hydrogen (secondary N) is 1. The van der Waals surface area contributed by atoms with Crippen molar-refractivity contribution in [2.45, 2.75) is 6.92 Å². The summed E-state index contributed by atoms with van der Waals surface area (Å²) in [5, 5.41) is 17.5. The molecule has 0 aliphatic rings. The number of nitrogens with zero attached hydrogens (tertiary/aromatic N) is 5. The highest BCUT2D eigenvalue weighted by atomic mass is 16.1. The van der Waals surface area contributed by atoms with Crippen LogP contribution in [0.4, 0.5) is 5.82 Å². The predicted octanol–water partition coefficient (Wildman–Crippen LogP) is 3.25. The van der Waals surface area contributed by atoms with E-state index in [0.29, 0.717) is 11.4 Å². The Bertz CT molecular complexity index is 1190. The molecule has 0 unspecified atom stereocenters. The van der Waals surface area contributed by atoms with Crippen molar-refractivity contribution in [2.75, 3.05) is 5.32 Å². The molecule has 0 saturated carbocycles. The molecule has 1 amide bonds. The van der Waals surface area contributed by atoms with E-state index >= 15 is 0 Å². The van der Waals surface area contributed by atoms with E-state index in [4.69, 9.17) is 0 Å². The van der Waals surface area contributed by atoms with Gasteiger partial charge in [0.25, 0.3) is 5.91 Å². The van der Waals surface area contributed by atoms with Crippen LogP contribution in [0.5, 0.6) is 0 Å². The fourth-order valence-electron chi connectivity index (χ4n) is 2.85. The zero-order valence-electron chi connectivity index (χ0n) is 14.4. The van der Waals surface area contributed by atoms with Crippen LogP contribution in [0.15, 0.2) is 61.1 Å². The maximum absolute atomic E-state index is 12.5. The van der Waals surface area contributed by atoms with Crippen molar-refractivity contribution < 1.29 is 4.79 Å². The number of benzene rings is 1. The average molecular weight is 354 g/mol. The highest BCUT2D eigenvalue weighted by Gasteiger charge is 2.17. The van der Waals surface area contributed by atoms with Crippen molar-refractivity contribution in [2.24, 2.45) is 0 Å². The number of hydrogen-bond donors (Lipinski definition) is 1. The number of aryl methyl sites for hydroxylation is 1. The standard InChI is InChI=1S/C20H14N6O/c1-13-10-18(24-17-5-3-2-4-16(13)17)26-19(15(11-21)12-23-26)25-20(27)14-6-8-22-9-7-14/h2-10,12H,1H3,(H,25,27). The molecule has 1 aromatic carbocycles. The number of pyridine rings is 2. The van der Waals surface area contributed by atoms with Crippen LogP contribution in [0.3, 0.4) is 0 Å². The fraction of sp³-hybridized carbons (Fsp3) is 0.0500. The van der Waals surface area contributed by atoms with Gasteiger partial charge in [0.05, 0.1) is 11.7 Å². The van der Waals surface area contributed by atoms with Crippen molar-refractivity contribution in [3.8, 4) is 11.9 Å². The molecule has 27 heavy (non-hydrogen) atoms. The summed E-state index contributed by atoms with van der Waals surface area (Å²) in [5.74, 6) is 0.451. The number of amides is 1. The second-order valence-corrected chi connectivity index (χ2v) is 5.93. The summed E-state index contributed by atoms with van der Waals surface area (Å²) >= 11 is 0. The molecule has 0 saturated heterocycles. The number of nitriles is 1. The molecule has 0 atom stereocenters. The minimum Gasteiger partial charge on any atom is -0.305 e. The molecule has 3 heterocycles. The highest BCUT2D eigenvalue weighted by Crippen LogP contribution is 2.23. The van der Waals surface area contributed by atoms with Crippen LogP contribution in [-0.2, 0) is 0 Å². The average Bonchev–Trinajstić information content (AvgIpc) is 3.11. The van der Waals surface area contributed by atoms with E-state index in [1.807, 2.05) is 37.3 Å². The number of hydrogen-bond acceptors (Lipinski definition) is 5. The summed E-state index contributed by atoms with van der Waals surface area (Å²) < 4.78 is 1.47. The van der Waals surface area contributed by atoms with Gasteiger partial charge in [-0.2, -0.15) is 15.0 Å². The van der Waals surface area contributed by atoms with Crippen molar-refractivity contribution in [1.29, 1.82) is 5.26 Å². The molecule has 0 fully saturated rings. The van der Waals surface area contributed by atoms with Crippen LogP contribution in [0.2, 0.25) is 0 Å². The first kappa shape index (κ1) is 16.4. The number of para-hydroxylation sites is 1. The normalized spacial score (nSPS) is 10.5. The molecule has 0 radical (unpaired) electrons. The quantitative estimate of drug-likeness (QED) is 0.609. The number of fused-ring (bicyclic) bond motifs is 1. The molecule has 1 N–H and O–H groups in total. The lowest BCUT2D eigenvalue weighted by atomic mass is 10.1. The first-order chi connectivity index (χ1) is 13.2. The first-order valence-electron chi connectivity index (χ1n) is 8.23. The van der Waals surface area contributed by atoms with Crippen molar-refractivity contribution in [3.05, 3.63) is 77.7 Å². The summed E-state index contributed by atoms with van der Waals surface area (Å²) in [5.41, 5.74) is 2.53. The van der Waals surface area contributed by atoms with Gasteiger partial charge in [-0.25, -0.2) is 4.98 Å². The summed E-state index contributed by atoms with van der Waals surface area (Å²) in [4.78, 5) is 21.1. The fourth-order valence-corrected chi connectivity index (χ4v) is 2.85. The Balaban J connectivity index is 1.80. The summed E-state index contributed by atoms with van der Waals surface area (Å²) in [6.45, 7) is 1.98. The van der Waals surface area contributed by atoms with Gasteiger partial charge in [-0.05, 0) is 36.8 Å². The summed E-state index contributed by atoms with van der Waals surface area (Å²) in [6, 6.07) is 14.9. The number of anilines is 1. The van der Waals surface area contributed by atoms with Gasteiger partial charge in [-0.15, -0.1) is 0 Å². The SMILES string of the molecule is Cc1cc(-n2ncc(C#N)c2NC(=O)c2ccncc2)nc2ccccc12. The third-order valence-corrected chi connectivity index (χ3v) is 4.19. The molecule has 4 aromatic rings. The van der Waals surface area contributed by atoms with Crippen molar-refractivity contribution >= 4 is 22.6 Å². The number of carbonyl (C=O) groups excluding carboxylic acids is 1. The Labute approximate surface area is 154 Å². The number of carbonyl (C=O) groups is 1. The molecular formula is C20H14N6O. The van der Waals surface area contributed by atoms with E-state index in [2.05, 4.69) is 26.5 Å². The van der Waals surface area contributed by atoms with Crippen LogP contribution >= 0.6 is 0 Å². The van der Waals surface area contributed by atoms with Gasteiger partial charge in [0.2, 0.25) is 0 Å². The van der Waals surface area contributed by atoms with Crippen LogP contribution in [0.1, 0.15) is 21.5 Å². The van der Waals surface area contributed by atoms with E-state index in [0.717, 1.165) is 16.5 Å². The molecule has 3 aromatic heterocycles. The predicted molar refractivity (Wildman–Crippen MR) is 101 cm³/mol. The Kier molecular flexibility index (Phi) is 4.07. The monoisotopic (exact) mass is 354 g/mol. The van der Waals surface area contributed by atoms with Crippen molar-refractivity contribution in [1.82, 2.24) is 19.7 Å². The molecule has 4 rings (SSSR count). The van der Waals surface area contributed by atoms with Gasteiger partial charge >= 0.3 is 0 Å². The van der Waals surface area contributed by atoms with Crippen LogP contribution in [0, 0.1) is 18.3 Å². The second kappa shape index (κ2) is 6.69. The van der Waals surface area contributed by atoms with Crippen molar-refractivity contribution in [3.63, 3.8) is 0 Å². The molecule has 7 heteroatoms. The number of aromatic nitrogens is 4. The minimum absolute atomic E-state index is 0.255. The molecule has 0 aliphatic heterocycles. The molecule has 0 aliphatic carbocycles. The Morgan fingerprint density at radius 2 is 1.96 bits per heavy atom. The van der Waals surface area contributed by atoms with Gasteiger partial charge in [-0.3, -0.25) is 9.78 Å². The Hall–Kier alpha value is -4.05. The lowest BCUT2D eigenvalue weighted by Gasteiger charge is -2.11. The Morgan fingerprint density at radius 3 is 2.74 bits per heavy atom. The summed E-state index contributed by atoms with van der Waals surface area (Å²) in [6.07, 6.45) is 4.48. The van der Waals surface area contributed by atoms with Gasteiger partial charge in [0.1, 0.15) is 11.6 Å². The van der Waals surface area contributed by atoms with E-state index in [9.17, 15) is 10.1 Å². The van der Waals surface area contributed by atoms with Gasteiger partial charge in [-0.1, -0.05) is 18.2 Å². The largest absolute Gasteiger partial charge is 0.305 e. The molecular weight excluding hydrogens is 340 g/mol. The second-order valence-electron chi connectivity index (χ2n) is 5.93. The third kappa shape index (κ3) is 3.00. The van der Waals surface area contributed by atoms with Gasteiger partial charge < -0.3 is 5.32 Å².